The monoisotopic (exact) mass is 250 g/mol. The normalized spacial score (nSPS) is 17.0. The first-order chi connectivity index (χ1) is 8.58. The second-order valence-electron chi connectivity index (χ2n) is 4.82. The highest BCUT2D eigenvalue weighted by molar-refractivity contribution is 5.65. The summed E-state index contributed by atoms with van der Waals surface area (Å²) in [6.45, 7) is 2.37. The van der Waals surface area contributed by atoms with Crippen LogP contribution in [0.25, 0.3) is 0 Å². The molecule has 1 N–H and O–H groups in total. The smallest absolute Gasteiger partial charge is 0.295 e. The van der Waals surface area contributed by atoms with E-state index in [1.807, 2.05) is 6.07 Å². The minimum Gasteiger partial charge on any atom is -0.377 e. The van der Waals surface area contributed by atoms with Crippen LogP contribution in [-0.4, -0.2) is 24.2 Å². The zero-order valence-electron chi connectivity index (χ0n) is 10.7. The molecule has 18 heavy (non-hydrogen) atoms. The molecule has 1 fully saturated rings. The molecule has 5 nitrogen and oxygen atoms in total. The van der Waals surface area contributed by atoms with E-state index in [9.17, 15) is 10.1 Å². The van der Waals surface area contributed by atoms with Crippen molar-refractivity contribution in [1.29, 1.82) is 0 Å². The van der Waals surface area contributed by atoms with Crippen LogP contribution in [0.1, 0.15) is 24.8 Å². The van der Waals surface area contributed by atoms with Gasteiger partial charge in [-0.15, -0.1) is 0 Å². The van der Waals surface area contributed by atoms with Crippen LogP contribution in [0.4, 0.5) is 11.4 Å². The number of para-hydroxylation sites is 1. The summed E-state index contributed by atoms with van der Waals surface area (Å²) in [6.07, 6.45) is 3.18. The molecule has 0 aromatic heterocycles. The number of anilines is 1. The summed E-state index contributed by atoms with van der Waals surface area (Å²) in [5.74, 6) is 0. The van der Waals surface area contributed by atoms with E-state index in [1.165, 1.54) is 0 Å². The molecule has 1 aliphatic rings. The Hall–Kier alpha value is -1.62. The quantitative estimate of drug-likeness (QED) is 0.644. The molecule has 0 amide bonds. The van der Waals surface area contributed by atoms with E-state index >= 15 is 0 Å². The van der Waals surface area contributed by atoms with Crippen molar-refractivity contribution in [2.24, 2.45) is 0 Å². The number of rotatable bonds is 5. The van der Waals surface area contributed by atoms with Gasteiger partial charge in [0.1, 0.15) is 5.69 Å². The number of nitro benzene ring substituents is 1. The fourth-order valence-electron chi connectivity index (χ4n) is 2.32. The molecule has 0 radical (unpaired) electrons. The SMILES string of the molecule is COC1(CNc2cccc(C)c2[N+](=O)[O-])CCC1. The lowest BCUT2D eigenvalue weighted by molar-refractivity contribution is -0.384. The number of methoxy groups -OCH3 is 1. The highest BCUT2D eigenvalue weighted by Crippen LogP contribution is 2.36. The van der Waals surface area contributed by atoms with Crippen LogP contribution in [0, 0.1) is 17.0 Å². The predicted octanol–water partition coefficient (Wildman–Crippen LogP) is 2.88. The Bertz CT molecular complexity index is 450. The number of nitrogens with one attached hydrogen (secondary N) is 1. The van der Waals surface area contributed by atoms with Crippen molar-refractivity contribution >= 4 is 11.4 Å². The molecule has 1 aromatic carbocycles. The topological polar surface area (TPSA) is 64.4 Å². The van der Waals surface area contributed by atoms with Gasteiger partial charge < -0.3 is 10.1 Å². The van der Waals surface area contributed by atoms with Gasteiger partial charge in [0.25, 0.3) is 5.69 Å². The third-order valence-electron chi connectivity index (χ3n) is 3.72. The molecule has 1 aromatic rings. The molecule has 0 bridgehead atoms. The Balaban J connectivity index is 2.14. The van der Waals surface area contributed by atoms with Crippen LogP contribution >= 0.6 is 0 Å². The van der Waals surface area contributed by atoms with Gasteiger partial charge in [0, 0.05) is 19.2 Å². The van der Waals surface area contributed by atoms with E-state index in [-0.39, 0.29) is 16.2 Å². The molecular weight excluding hydrogens is 232 g/mol. The Morgan fingerprint density at radius 2 is 2.22 bits per heavy atom. The van der Waals surface area contributed by atoms with Crippen molar-refractivity contribution in [3.05, 3.63) is 33.9 Å². The first-order valence-corrected chi connectivity index (χ1v) is 6.11. The highest BCUT2D eigenvalue weighted by Gasteiger charge is 2.37. The first kappa shape index (κ1) is 12.8. The molecule has 5 heteroatoms. The molecule has 0 unspecified atom stereocenters. The molecule has 1 saturated carbocycles. The Labute approximate surface area is 106 Å². The summed E-state index contributed by atoms with van der Waals surface area (Å²) in [6, 6.07) is 5.32. The fraction of sp³-hybridized carbons (Fsp3) is 0.538. The lowest BCUT2D eigenvalue weighted by Crippen LogP contribution is -2.45. The largest absolute Gasteiger partial charge is 0.377 e. The van der Waals surface area contributed by atoms with Crippen molar-refractivity contribution in [2.75, 3.05) is 19.0 Å². The molecule has 98 valence electrons. The van der Waals surface area contributed by atoms with E-state index in [2.05, 4.69) is 5.32 Å². The molecule has 0 atom stereocenters. The minimum atomic E-state index is -0.335. The van der Waals surface area contributed by atoms with E-state index in [0.29, 0.717) is 17.8 Å². The van der Waals surface area contributed by atoms with Crippen LogP contribution in [0.3, 0.4) is 0 Å². The minimum absolute atomic E-state index is 0.141. The second-order valence-corrected chi connectivity index (χ2v) is 4.82. The predicted molar refractivity (Wildman–Crippen MR) is 69.9 cm³/mol. The van der Waals surface area contributed by atoms with E-state index in [1.54, 1.807) is 26.2 Å². The first-order valence-electron chi connectivity index (χ1n) is 6.11. The van der Waals surface area contributed by atoms with Gasteiger partial charge in [-0.3, -0.25) is 10.1 Å². The van der Waals surface area contributed by atoms with E-state index in [0.717, 1.165) is 19.3 Å². The van der Waals surface area contributed by atoms with E-state index < -0.39 is 0 Å². The number of nitro groups is 1. The molecule has 0 spiro atoms. The van der Waals surface area contributed by atoms with Crippen LogP contribution in [-0.2, 0) is 4.74 Å². The van der Waals surface area contributed by atoms with Gasteiger partial charge in [0.2, 0.25) is 0 Å². The molecule has 1 aliphatic carbocycles. The average molecular weight is 250 g/mol. The number of hydrogen-bond acceptors (Lipinski definition) is 4. The maximum Gasteiger partial charge on any atom is 0.295 e. The average Bonchev–Trinajstić information content (AvgIpc) is 2.27. The summed E-state index contributed by atoms with van der Waals surface area (Å²) in [7, 11) is 1.70. The summed E-state index contributed by atoms with van der Waals surface area (Å²) < 4.78 is 5.49. The molecule has 0 heterocycles. The van der Waals surface area contributed by atoms with Crippen molar-refractivity contribution < 1.29 is 9.66 Å². The van der Waals surface area contributed by atoms with Crippen molar-refractivity contribution in [2.45, 2.75) is 31.8 Å². The van der Waals surface area contributed by atoms with Gasteiger partial charge in [-0.05, 0) is 32.3 Å². The number of nitrogens with zero attached hydrogens (tertiary/aromatic N) is 1. The van der Waals surface area contributed by atoms with Crippen LogP contribution in [0.15, 0.2) is 18.2 Å². The number of ether oxygens (including phenoxy) is 1. The molecule has 0 aliphatic heterocycles. The van der Waals surface area contributed by atoms with Gasteiger partial charge in [-0.2, -0.15) is 0 Å². The number of aryl methyl sites for hydroxylation is 1. The van der Waals surface area contributed by atoms with Crippen LogP contribution < -0.4 is 5.32 Å². The number of benzene rings is 1. The lowest BCUT2D eigenvalue weighted by atomic mass is 9.80. The van der Waals surface area contributed by atoms with Crippen molar-refractivity contribution in [1.82, 2.24) is 0 Å². The summed E-state index contributed by atoms with van der Waals surface area (Å²) in [4.78, 5) is 10.7. The Morgan fingerprint density at radius 1 is 1.50 bits per heavy atom. The fourth-order valence-corrected chi connectivity index (χ4v) is 2.32. The summed E-state index contributed by atoms with van der Waals surface area (Å²) in [5.41, 5.74) is 1.26. The standard InChI is InChI=1S/C13H18N2O3/c1-10-5-3-6-11(12(10)15(16)17)14-9-13(18-2)7-4-8-13/h3,5-6,14H,4,7-9H2,1-2H3. The van der Waals surface area contributed by atoms with Gasteiger partial charge in [-0.25, -0.2) is 0 Å². The van der Waals surface area contributed by atoms with Gasteiger partial charge >= 0.3 is 0 Å². The summed E-state index contributed by atoms with van der Waals surface area (Å²) >= 11 is 0. The van der Waals surface area contributed by atoms with E-state index in [4.69, 9.17) is 4.74 Å². The lowest BCUT2D eigenvalue weighted by Gasteiger charge is -2.40. The maximum absolute atomic E-state index is 11.1. The Morgan fingerprint density at radius 3 is 2.72 bits per heavy atom. The third kappa shape index (κ3) is 2.31. The zero-order chi connectivity index (χ0) is 13.2. The van der Waals surface area contributed by atoms with Crippen LogP contribution in [0.5, 0.6) is 0 Å². The van der Waals surface area contributed by atoms with Gasteiger partial charge in [-0.1, -0.05) is 12.1 Å². The van der Waals surface area contributed by atoms with Gasteiger partial charge in [0.05, 0.1) is 10.5 Å². The highest BCUT2D eigenvalue weighted by atomic mass is 16.6. The zero-order valence-corrected chi connectivity index (χ0v) is 10.7. The van der Waals surface area contributed by atoms with Crippen LogP contribution in [0.2, 0.25) is 0 Å². The molecule has 2 rings (SSSR count). The van der Waals surface area contributed by atoms with Gasteiger partial charge in [0.15, 0.2) is 0 Å². The number of hydrogen-bond donors (Lipinski definition) is 1. The third-order valence-corrected chi connectivity index (χ3v) is 3.72. The maximum atomic E-state index is 11.1. The van der Waals surface area contributed by atoms with Crippen molar-refractivity contribution in [3.63, 3.8) is 0 Å². The Kier molecular flexibility index (Phi) is 3.52. The second kappa shape index (κ2) is 4.94. The molecular formula is C13H18N2O3. The molecule has 0 saturated heterocycles. The van der Waals surface area contributed by atoms with Crippen molar-refractivity contribution in [3.8, 4) is 0 Å². The summed E-state index contributed by atoms with van der Waals surface area (Å²) in [5, 5.41) is 14.2.